The van der Waals surface area contributed by atoms with Crippen LogP contribution in [-0.2, 0) is 4.74 Å². The summed E-state index contributed by atoms with van der Waals surface area (Å²) >= 11 is 0. The van der Waals surface area contributed by atoms with Crippen LogP contribution in [0.4, 0.5) is 4.79 Å². The first kappa shape index (κ1) is 13.9. The molecule has 2 N–H and O–H groups in total. The summed E-state index contributed by atoms with van der Waals surface area (Å²) in [5.74, 6) is 0.629. The molecule has 1 fully saturated rings. The van der Waals surface area contributed by atoms with Gasteiger partial charge >= 0.3 is 6.09 Å². The number of carbonyl (C=O) groups is 1. The minimum atomic E-state index is -0.982. The Kier molecular flexibility index (Phi) is 4.06. The molecule has 112 valence electrons. The molecule has 1 aliphatic carbocycles. The van der Waals surface area contributed by atoms with Crippen molar-refractivity contribution < 1.29 is 19.4 Å². The Balaban J connectivity index is 1.64. The first-order valence-electron chi connectivity index (χ1n) is 7.10. The third-order valence-corrected chi connectivity index (χ3v) is 3.78. The number of pyridine rings is 1. The molecule has 0 aromatic carbocycles. The van der Waals surface area contributed by atoms with Gasteiger partial charge in [-0.25, -0.2) is 9.78 Å². The maximum atomic E-state index is 10.5. The predicted molar refractivity (Wildman–Crippen MR) is 76.2 cm³/mol. The molecule has 1 aliphatic heterocycles. The molecule has 21 heavy (non-hydrogen) atoms. The number of hydrogen-bond acceptors (Lipinski definition) is 4. The minimum absolute atomic E-state index is 0.0121. The van der Waals surface area contributed by atoms with Crippen LogP contribution >= 0.6 is 0 Å². The van der Waals surface area contributed by atoms with E-state index < -0.39 is 6.09 Å². The van der Waals surface area contributed by atoms with Gasteiger partial charge in [-0.1, -0.05) is 6.08 Å². The van der Waals surface area contributed by atoms with E-state index >= 15 is 0 Å². The first-order valence-corrected chi connectivity index (χ1v) is 7.10. The molecule has 3 rings (SSSR count). The lowest BCUT2D eigenvalue weighted by atomic mass is 9.89. The molecule has 1 amide bonds. The minimum Gasteiger partial charge on any atom is -0.474 e. The fourth-order valence-corrected chi connectivity index (χ4v) is 2.61. The molecule has 2 aliphatic rings. The van der Waals surface area contributed by atoms with Crippen LogP contribution in [0.5, 0.6) is 5.88 Å². The largest absolute Gasteiger partial charge is 0.474 e. The second-order valence-electron chi connectivity index (χ2n) is 5.27. The molecule has 6 nitrogen and oxygen atoms in total. The van der Waals surface area contributed by atoms with Crippen molar-refractivity contribution in [3.63, 3.8) is 0 Å². The van der Waals surface area contributed by atoms with Gasteiger partial charge in [0, 0.05) is 30.6 Å². The van der Waals surface area contributed by atoms with Crippen molar-refractivity contribution >= 4 is 11.7 Å². The summed E-state index contributed by atoms with van der Waals surface area (Å²) in [5, 5.41) is 11.1. The topological polar surface area (TPSA) is 80.7 Å². The van der Waals surface area contributed by atoms with E-state index in [1.807, 2.05) is 12.1 Å². The lowest BCUT2D eigenvalue weighted by molar-refractivity contribution is 0.0789. The molecule has 0 saturated heterocycles. The van der Waals surface area contributed by atoms with Gasteiger partial charge in [-0.05, 0) is 24.1 Å². The predicted octanol–water partition coefficient (Wildman–Crippen LogP) is 2.06. The number of hydrogen-bond donors (Lipinski definition) is 2. The van der Waals surface area contributed by atoms with Crippen LogP contribution in [0.15, 0.2) is 24.4 Å². The maximum absolute atomic E-state index is 10.5. The van der Waals surface area contributed by atoms with Gasteiger partial charge in [0.2, 0.25) is 5.88 Å². The van der Waals surface area contributed by atoms with E-state index in [0.717, 1.165) is 12.0 Å². The van der Waals surface area contributed by atoms with Crippen LogP contribution in [0, 0.1) is 0 Å². The third kappa shape index (κ3) is 3.33. The summed E-state index contributed by atoms with van der Waals surface area (Å²) in [4.78, 5) is 14.9. The van der Waals surface area contributed by atoms with Gasteiger partial charge in [-0.3, -0.25) is 0 Å². The number of nitrogens with one attached hydrogen (secondary N) is 1. The summed E-state index contributed by atoms with van der Waals surface area (Å²) in [6.07, 6.45) is 5.04. The Hall–Kier alpha value is -2.08. The van der Waals surface area contributed by atoms with Gasteiger partial charge in [0.25, 0.3) is 0 Å². The smallest absolute Gasteiger partial charge is 0.404 e. The highest BCUT2D eigenvalue weighted by atomic mass is 16.5. The van der Waals surface area contributed by atoms with Crippen molar-refractivity contribution in [1.29, 1.82) is 0 Å². The number of amides is 1. The van der Waals surface area contributed by atoms with E-state index in [9.17, 15) is 4.79 Å². The molecule has 2 heterocycles. The molecule has 0 bridgehead atoms. The summed E-state index contributed by atoms with van der Waals surface area (Å²) in [6, 6.07) is 3.89. The molecule has 0 atom stereocenters. The Morgan fingerprint density at radius 3 is 3.05 bits per heavy atom. The summed E-state index contributed by atoms with van der Waals surface area (Å²) in [6.45, 7) is 1.34. The van der Waals surface area contributed by atoms with Gasteiger partial charge in [0.15, 0.2) is 0 Å². The Labute approximate surface area is 122 Å². The van der Waals surface area contributed by atoms with Gasteiger partial charge in [-0.2, -0.15) is 0 Å². The molecule has 1 saturated carbocycles. The van der Waals surface area contributed by atoms with E-state index in [-0.39, 0.29) is 12.1 Å². The molecule has 1 aromatic heterocycles. The standard InChI is InChI=1S/C15H18N2O4/c18-15(19)17-11-8-12(9-11)21-14-13(2-1-5-16-14)10-3-6-20-7-4-10/h1-3,5,11-12,17H,4,6-9H2,(H,18,19). The highest BCUT2D eigenvalue weighted by Gasteiger charge is 2.32. The van der Waals surface area contributed by atoms with Crippen LogP contribution in [-0.4, -0.2) is 41.5 Å². The van der Waals surface area contributed by atoms with E-state index in [1.54, 1.807) is 6.20 Å². The molecule has 1 aromatic rings. The lowest BCUT2D eigenvalue weighted by Crippen LogP contribution is -2.48. The van der Waals surface area contributed by atoms with Gasteiger partial charge in [0.1, 0.15) is 6.10 Å². The SMILES string of the molecule is O=C(O)NC1CC(Oc2ncccc2C2=CCOCC2)C1. The highest BCUT2D eigenvalue weighted by molar-refractivity contribution is 5.69. The first-order chi connectivity index (χ1) is 10.2. The molecule has 6 heteroatoms. The maximum Gasteiger partial charge on any atom is 0.404 e. The second kappa shape index (κ2) is 6.13. The fraction of sp³-hybridized carbons (Fsp3) is 0.467. The van der Waals surface area contributed by atoms with Crippen molar-refractivity contribution in [2.45, 2.75) is 31.4 Å². The van der Waals surface area contributed by atoms with Gasteiger partial charge in [0.05, 0.1) is 13.2 Å². The number of nitrogens with zero attached hydrogens (tertiary/aromatic N) is 1. The Bertz CT molecular complexity index is 552. The van der Waals surface area contributed by atoms with Crippen molar-refractivity contribution in [1.82, 2.24) is 10.3 Å². The van der Waals surface area contributed by atoms with Gasteiger partial charge < -0.3 is 19.9 Å². The average molecular weight is 290 g/mol. The number of rotatable bonds is 4. The number of aromatic nitrogens is 1. The average Bonchev–Trinajstić information content (AvgIpc) is 2.46. The zero-order valence-corrected chi connectivity index (χ0v) is 11.6. The molecule has 0 unspecified atom stereocenters. The zero-order valence-electron chi connectivity index (χ0n) is 11.6. The Morgan fingerprint density at radius 1 is 1.48 bits per heavy atom. The third-order valence-electron chi connectivity index (χ3n) is 3.78. The summed E-state index contributed by atoms with van der Waals surface area (Å²) in [5.41, 5.74) is 2.21. The van der Waals surface area contributed by atoms with Crippen LogP contribution in [0.25, 0.3) is 5.57 Å². The van der Waals surface area contributed by atoms with E-state index in [2.05, 4.69) is 16.4 Å². The van der Waals surface area contributed by atoms with Crippen molar-refractivity contribution in [3.05, 3.63) is 30.0 Å². The number of carboxylic acid groups (broad SMARTS) is 1. The van der Waals surface area contributed by atoms with E-state index in [4.69, 9.17) is 14.6 Å². The summed E-state index contributed by atoms with van der Waals surface area (Å²) in [7, 11) is 0. The van der Waals surface area contributed by atoms with Crippen LogP contribution in [0.3, 0.4) is 0 Å². The quantitative estimate of drug-likeness (QED) is 0.887. The highest BCUT2D eigenvalue weighted by Crippen LogP contribution is 2.31. The van der Waals surface area contributed by atoms with Crippen LogP contribution in [0.2, 0.25) is 0 Å². The van der Waals surface area contributed by atoms with Crippen molar-refractivity contribution in [2.24, 2.45) is 0 Å². The van der Waals surface area contributed by atoms with Crippen molar-refractivity contribution in [2.75, 3.05) is 13.2 Å². The zero-order chi connectivity index (χ0) is 14.7. The lowest BCUT2D eigenvalue weighted by Gasteiger charge is -2.35. The van der Waals surface area contributed by atoms with Crippen LogP contribution < -0.4 is 10.1 Å². The molecule has 0 radical (unpaired) electrons. The van der Waals surface area contributed by atoms with Crippen LogP contribution in [0.1, 0.15) is 24.8 Å². The summed E-state index contributed by atoms with van der Waals surface area (Å²) < 4.78 is 11.2. The van der Waals surface area contributed by atoms with E-state index in [0.29, 0.717) is 31.9 Å². The molecular formula is C15H18N2O4. The monoisotopic (exact) mass is 290 g/mol. The second-order valence-corrected chi connectivity index (χ2v) is 5.27. The van der Waals surface area contributed by atoms with E-state index in [1.165, 1.54) is 5.57 Å². The number of ether oxygens (including phenoxy) is 2. The van der Waals surface area contributed by atoms with Gasteiger partial charge in [-0.15, -0.1) is 0 Å². The van der Waals surface area contributed by atoms with Crippen molar-refractivity contribution in [3.8, 4) is 5.88 Å². The molecule has 0 spiro atoms. The molecular weight excluding hydrogens is 272 g/mol. The fourth-order valence-electron chi connectivity index (χ4n) is 2.61. The normalized spacial score (nSPS) is 24.7. The Morgan fingerprint density at radius 2 is 2.33 bits per heavy atom.